The Morgan fingerprint density at radius 1 is 1.33 bits per heavy atom. The Hall–Kier alpha value is -1.83. The van der Waals surface area contributed by atoms with Gasteiger partial charge in [0.1, 0.15) is 0 Å². The first kappa shape index (κ1) is 12.6. The van der Waals surface area contributed by atoms with Crippen LogP contribution in [0, 0.1) is 11.8 Å². The summed E-state index contributed by atoms with van der Waals surface area (Å²) in [5, 5.41) is 4.88. The summed E-state index contributed by atoms with van der Waals surface area (Å²) in [6.45, 7) is 0.904. The number of nitrogens with one attached hydrogen (secondary N) is 2. The van der Waals surface area contributed by atoms with Crippen LogP contribution in [0.2, 0.25) is 0 Å². The summed E-state index contributed by atoms with van der Waals surface area (Å²) in [6.07, 6.45) is 0.843. The third-order valence-corrected chi connectivity index (χ3v) is 3.12. The Balaban J connectivity index is 2.09. The first-order valence-corrected chi connectivity index (χ1v) is 6.59. The zero-order valence-electron chi connectivity index (χ0n) is 10.1. The van der Waals surface area contributed by atoms with E-state index in [1.165, 1.54) is 11.3 Å². The lowest BCUT2D eigenvalue weighted by atomic mass is 10.1. The van der Waals surface area contributed by atoms with Crippen molar-refractivity contribution in [3.63, 3.8) is 0 Å². The second-order valence-corrected chi connectivity index (χ2v) is 4.64. The van der Waals surface area contributed by atoms with E-state index in [1.807, 2.05) is 36.7 Å². The van der Waals surface area contributed by atoms with E-state index in [-0.39, 0.29) is 4.87 Å². The summed E-state index contributed by atoms with van der Waals surface area (Å²) in [5.41, 5.74) is 2.86. The Morgan fingerprint density at radius 2 is 2.11 bits per heavy atom. The van der Waals surface area contributed by atoms with Crippen molar-refractivity contribution in [3.8, 4) is 23.1 Å². The SMILES string of the molecule is CNCCC#Cc1ccc(-c2csc(=O)[nH]2)cc1. The summed E-state index contributed by atoms with van der Waals surface area (Å²) in [6, 6.07) is 7.88. The smallest absolute Gasteiger partial charge is 0.304 e. The van der Waals surface area contributed by atoms with Crippen molar-refractivity contribution in [3.05, 3.63) is 44.9 Å². The molecule has 0 aliphatic rings. The highest BCUT2D eigenvalue weighted by Crippen LogP contribution is 2.17. The van der Waals surface area contributed by atoms with Gasteiger partial charge in [0.25, 0.3) is 0 Å². The Morgan fingerprint density at radius 3 is 2.72 bits per heavy atom. The maximum absolute atomic E-state index is 11.1. The molecule has 18 heavy (non-hydrogen) atoms. The molecule has 0 amide bonds. The monoisotopic (exact) mass is 258 g/mol. The van der Waals surface area contributed by atoms with Gasteiger partial charge in [0.05, 0.1) is 5.69 Å². The third kappa shape index (κ3) is 3.33. The molecule has 0 aliphatic carbocycles. The number of thiazole rings is 1. The van der Waals surface area contributed by atoms with Crippen LogP contribution in [0.1, 0.15) is 12.0 Å². The predicted octanol–water partition coefficient (Wildman–Crippen LogP) is 2.06. The molecule has 3 nitrogen and oxygen atoms in total. The highest BCUT2D eigenvalue weighted by Gasteiger charge is 1.99. The van der Waals surface area contributed by atoms with Gasteiger partial charge in [0.2, 0.25) is 0 Å². The van der Waals surface area contributed by atoms with Gasteiger partial charge in [-0.15, -0.1) is 0 Å². The van der Waals surface area contributed by atoms with Crippen molar-refractivity contribution in [2.24, 2.45) is 0 Å². The maximum atomic E-state index is 11.1. The molecule has 0 unspecified atom stereocenters. The fourth-order valence-electron chi connectivity index (χ4n) is 1.51. The standard InChI is InChI=1S/C14H14N2OS/c1-15-9-3-2-4-11-5-7-12(8-6-11)13-10-18-14(17)16-13/h5-8,10,15H,3,9H2,1H3,(H,16,17). The molecular formula is C14H14N2OS. The molecule has 1 heterocycles. The minimum Gasteiger partial charge on any atom is -0.319 e. The Kier molecular flexibility index (Phi) is 4.35. The molecule has 2 rings (SSSR count). The van der Waals surface area contributed by atoms with Gasteiger partial charge in [-0.05, 0) is 24.7 Å². The molecule has 1 aromatic heterocycles. The lowest BCUT2D eigenvalue weighted by Gasteiger charge is -1.97. The summed E-state index contributed by atoms with van der Waals surface area (Å²) in [5.74, 6) is 6.20. The zero-order chi connectivity index (χ0) is 12.8. The first-order valence-electron chi connectivity index (χ1n) is 5.71. The van der Waals surface area contributed by atoms with Gasteiger partial charge in [0.15, 0.2) is 0 Å². The quantitative estimate of drug-likeness (QED) is 0.654. The van der Waals surface area contributed by atoms with E-state index in [4.69, 9.17) is 0 Å². The van der Waals surface area contributed by atoms with E-state index in [2.05, 4.69) is 22.1 Å². The number of rotatable bonds is 3. The zero-order valence-corrected chi connectivity index (χ0v) is 10.9. The number of aromatic nitrogens is 1. The molecule has 0 spiro atoms. The van der Waals surface area contributed by atoms with Gasteiger partial charge in [-0.3, -0.25) is 4.79 Å². The van der Waals surface area contributed by atoms with Gasteiger partial charge in [-0.1, -0.05) is 35.3 Å². The van der Waals surface area contributed by atoms with Crippen LogP contribution in [0.25, 0.3) is 11.3 Å². The van der Waals surface area contributed by atoms with Crippen LogP contribution in [0.5, 0.6) is 0 Å². The lowest BCUT2D eigenvalue weighted by Crippen LogP contribution is -2.05. The molecule has 2 N–H and O–H groups in total. The normalized spacial score (nSPS) is 9.83. The molecule has 1 aromatic carbocycles. The molecule has 0 radical (unpaired) electrons. The number of hydrogen-bond donors (Lipinski definition) is 2. The van der Waals surface area contributed by atoms with E-state index >= 15 is 0 Å². The van der Waals surface area contributed by atoms with Crippen molar-refractivity contribution in [2.45, 2.75) is 6.42 Å². The second kappa shape index (κ2) is 6.20. The topological polar surface area (TPSA) is 44.9 Å². The van der Waals surface area contributed by atoms with Crippen LogP contribution >= 0.6 is 11.3 Å². The maximum Gasteiger partial charge on any atom is 0.304 e. The van der Waals surface area contributed by atoms with Crippen LogP contribution in [0.15, 0.2) is 34.4 Å². The minimum atomic E-state index is -0.0269. The summed E-state index contributed by atoms with van der Waals surface area (Å²) < 4.78 is 0. The van der Waals surface area contributed by atoms with Gasteiger partial charge in [-0.25, -0.2) is 0 Å². The second-order valence-electron chi connectivity index (χ2n) is 3.79. The van der Waals surface area contributed by atoms with Crippen LogP contribution in [0.3, 0.4) is 0 Å². The van der Waals surface area contributed by atoms with Crippen LogP contribution in [0.4, 0.5) is 0 Å². The van der Waals surface area contributed by atoms with Gasteiger partial charge < -0.3 is 10.3 Å². The van der Waals surface area contributed by atoms with E-state index in [1.54, 1.807) is 0 Å². The summed E-state index contributed by atoms with van der Waals surface area (Å²) >= 11 is 1.18. The molecule has 0 aliphatic heterocycles. The average Bonchev–Trinajstić information content (AvgIpc) is 2.82. The van der Waals surface area contributed by atoms with Crippen molar-refractivity contribution in [1.82, 2.24) is 10.3 Å². The van der Waals surface area contributed by atoms with Crippen molar-refractivity contribution < 1.29 is 0 Å². The molecule has 2 aromatic rings. The van der Waals surface area contributed by atoms with Crippen molar-refractivity contribution in [2.75, 3.05) is 13.6 Å². The highest BCUT2D eigenvalue weighted by molar-refractivity contribution is 7.07. The number of H-pyrrole nitrogens is 1. The van der Waals surface area contributed by atoms with E-state index < -0.39 is 0 Å². The summed E-state index contributed by atoms with van der Waals surface area (Å²) in [4.78, 5) is 13.8. The molecule has 0 bridgehead atoms. The van der Waals surface area contributed by atoms with E-state index in [9.17, 15) is 4.79 Å². The fraction of sp³-hybridized carbons (Fsp3) is 0.214. The molecule has 0 saturated carbocycles. The highest BCUT2D eigenvalue weighted by atomic mass is 32.1. The number of aromatic amines is 1. The predicted molar refractivity (Wildman–Crippen MR) is 75.8 cm³/mol. The van der Waals surface area contributed by atoms with E-state index in [0.717, 1.165) is 29.8 Å². The number of benzene rings is 1. The van der Waals surface area contributed by atoms with Gasteiger partial charge >= 0.3 is 4.87 Å². The molecular weight excluding hydrogens is 244 g/mol. The van der Waals surface area contributed by atoms with Crippen LogP contribution < -0.4 is 10.2 Å². The Bertz CT molecular complexity index is 613. The summed E-state index contributed by atoms with van der Waals surface area (Å²) in [7, 11) is 1.91. The minimum absolute atomic E-state index is 0.0269. The number of hydrogen-bond acceptors (Lipinski definition) is 3. The average molecular weight is 258 g/mol. The van der Waals surface area contributed by atoms with Gasteiger partial charge in [0, 0.05) is 23.9 Å². The van der Waals surface area contributed by atoms with E-state index in [0.29, 0.717) is 0 Å². The van der Waals surface area contributed by atoms with Crippen molar-refractivity contribution >= 4 is 11.3 Å². The largest absolute Gasteiger partial charge is 0.319 e. The molecule has 0 saturated heterocycles. The molecule has 92 valence electrons. The van der Waals surface area contributed by atoms with Crippen LogP contribution in [-0.2, 0) is 0 Å². The first-order chi connectivity index (χ1) is 8.79. The fourth-order valence-corrected chi connectivity index (χ4v) is 2.10. The van der Waals surface area contributed by atoms with Crippen molar-refractivity contribution in [1.29, 1.82) is 0 Å². The van der Waals surface area contributed by atoms with Gasteiger partial charge in [-0.2, -0.15) is 0 Å². The molecule has 0 atom stereocenters. The Labute approximate surface area is 110 Å². The molecule has 4 heteroatoms. The third-order valence-electron chi connectivity index (χ3n) is 2.45. The van der Waals surface area contributed by atoms with Crippen LogP contribution in [-0.4, -0.2) is 18.6 Å². The molecule has 0 fully saturated rings. The lowest BCUT2D eigenvalue weighted by molar-refractivity contribution is 0.818.